The smallest absolute Gasteiger partial charge is 0.387 e. The van der Waals surface area contributed by atoms with Gasteiger partial charge in [-0.1, -0.05) is 0 Å². The zero-order valence-electron chi connectivity index (χ0n) is 13.6. The normalized spacial score (nSPS) is 13.2. The number of fused-ring (bicyclic) bond motifs is 3. The average Bonchev–Trinajstić information content (AvgIpc) is 3.20. The Kier molecular flexibility index (Phi) is 4.50. The number of halogens is 2. The third kappa shape index (κ3) is 3.24. The lowest BCUT2D eigenvalue weighted by molar-refractivity contribution is -0.0498. The molecule has 3 aromatic rings. The molecule has 1 aliphatic rings. The highest BCUT2D eigenvalue weighted by Gasteiger charge is 2.22. The highest BCUT2D eigenvalue weighted by Crippen LogP contribution is 2.39. The van der Waals surface area contributed by atoms with E-state index >= 15 is 0 Å². The Morgan fingerprint density at radius 2 is 2.00 bits per heavy atom. The van der Waals surface area contributed by atoms with Gasteiger partial charge in [0.05, 0.1) is 5.39 Å². The quantitative estimate of drug-likeness (QED) is 0.608. The van der Waals surface area contributed by atoms with Crippen LogP contribution in [0.5, 0.6) is 11.6 Å². The second-order valence-electron chi connectivity index (χ2n) is 5.83. The summed E-state index contributed by atoms with van der Waals surface area (Å²) in [5, 5.41) is 0.901. The van der Waals surface area contributed by atoms with Crippen molar-refractivity contribution in [3.8, 4) is 11.6 Å². The molecule has 2 aromatic heterocycles. The van der Waals surface area contributed by atoms with Gasteiger partial charge in [0.2, 0.25) is 5.88 Å². The molecule has 0 radical (unpaired) electrons. The van der Waals surface area contributed by atoms with E-state index in [2.05, 4.69) is 14.7 Å². The van der Waals surface area contributed by atoms with Crippen molar-refractivity contribution in [2.45, 2.75) is 25.9 Å². The zero-order chi connectivity index (χ0) is 18.1. The molecule has 0 aliphatic heterocycles. The van der Waals surface area contributed by atoms with Crippen molar-refractivity contribution < 1.29 is 23.0 Å². The number of ketones is 1. The third-order valence-electron chi connectivity index (χ3n) is 4.21. The molecular weight excluding hydrogens is 362 g/mol. The Morgan fingerprint density at radius 3 is 2.77 bits per heavy atom. The lowest BCUT2D eigenvalue weighted by Gasteiger charge is -2.08. The molecule has 8 heteroatoms. The van der Waals surface area contributed by atoms with Crippen LogP contribution in [0.2, 0.25) is 0 Å². The predicted molar refractivity (Wildman–Crippen MR) is 92.3 cm³/mol. The van der Waals surface area contributed by atoms with Crippen LogP contribution >= 0.6 is 11.3 Å². The minimum Gasteiger partial charge on any atom is -0.469 e. The molecule has 0 bridgehead atoms. The van der Waals surface area contributed by atoms with E-state index in [1.807, 2.05) is 0 Å². The Hall–Kier alpha value is -2.61. The molecule has 0 N–H and O–H groups in total. The van der Waals surface area contributed by atoms with Gasteiger partial charge in [-0.25, -0.2) is 9.97 Å². The number of hydrogen-bond donors (Lipinski definition) is 0. The van der Waals surface area contributed by atoms with Crippen LogP contribution in [0, 0.1) is 0 Å². The number of aromatic nitrogens is 2. The van der Waals surface area contributed by atoms with Crippen molar-refractivity contribution in [2.24, 2.45) is 0 Å². The number of aryl methyl sites for hydroxylation is 2. The summed E-state index contributed by atoms with van der Waals surface area (Å²) >= 11 is 1.65. The second-order valence-corrected chi connectivity index (χ2v) is 6.91. The number of hydrogen-bond acceptors (Lipinski definition) is 6. The minimum absolute atomic E-state index is 0.00353. The van der Waals surface area contributed by atoms with E-state index in [1.54, 1.807) is 11.3 Å². The summed E-state index contributed by atoms with van der Waals surface area (Å²) in [5.74, 6) is 0.149. The first kappa shape index (κ1) is 16.8. The summed E-state index contributed by atoms with van der Waals surface area (Å²) in [6, 6.07) is 5.52. The summed E-state index contributed by atoms with van der Waals surface area (Å²) in [6.45, 7) is -3.08. The number of carbonyl (C=O) groups excluding carboxylic acids is 1. The van der Waals surface area contributed by atoms with Gasteiger partial charge in [0.1, 0.15) is 16.9 Å². The van der Waals surface area contributed by atoms with Crippen molar-refractivity contribution in [3.63, 3.8) is 0 Å². The maximum Gasteiger partial charge on any atom is 0.387 e. The first-order valence-electron chi connectivity index (χ1n) is 8.08. The van der Waals surface area contributed by atoms with Gasteiger partial charge in [-0.3, -0.25) is 4.79 Å². The molecule has 4 rings (SSSR count). The first-order valence-corrected chi connectivity index (χ1v) is 8.89. The summed E-state index contributed by atoms with van der Waals surface area (Å²) in [7, 11) is 0. The maximum atomic E-state index is 12.3. The van der Waals surface area contributed by atoms with Crippen LogP contribution in [0.1, 0.15) is 27.2 Å². The van der Waals surface area contributed by atoms with Crippen molar-refractivity contribution >= 4 is 27.3 Å². The molecule has 0 fully saturated rings. The van der Waals surface area contributed by atoms with Gasteiger partial charge in [0, 0.05) is 10.4 Å². The lowest BCUT2D eigenvalue weighted by Crippen LogP contribution is -2.12. The third-order valence-corrected chi connectivity index (χ3v) is 5.41. The van der Waals surface area contributed by atoms with E-state index < -0.39 is 6.61 Å². The minimum atomic E-state index is -2.90. The largest absolute Gasteiger partial charge is 0.469 e. The molecule has 5 nitrogen and oxygen atoms in total. The van der Waals surface area contributed by atoms with Crippen LogP contribution < -0.4 is 9.47 Å². The van der Waals surface area contributed by atoms with Gasteiger partial charge in [-0.05, 0) is 49.1 Å². The molecule has 1 aliphatic carbocycles. The number of alkyl halides is 2. The Balaban J connectivity index is 1.49. The summed E-state index contributed by atoms with van der Waals surface area (Å²) < 4.78 is 34.3. The second kappa shape index (κ2) is 6.95. The van der Waals surface area contributed by atoms with Crippen molar-refractivity contribution in [2.75, 3.05) is 6.61 Å². The van der Waals surface area contributed by atoms with Crippen molar-refractivity contribution in [1.29, 1.82) is 0 Å². The Morgan fingerprint density at radius 1 is 1.19 bits per heavy atom. The van der Waals surface area contributed by atoms with Gasteiger partial charge in [0.25, 0.3) is 0 Å². The van der Waals surface area contributed by atoms with Gasteiger partial charge in [-0.15, -0.1) is 11.3 Å². The number of thiophene rings is 1. The average molecular weight is 376 g/mol. The highest BCUT2D eigenvalue weighted by molar-refractivity contribution is 7.18. The molecule has 1 aromatic carbocycles. The van der Waals surface area contributed by atoms with Crippen LogP contribution in [-0.2, 0) is 12.8 Å². The highest BCUT2D eigenvalue weighted by atomic mass is 32.1. The van der Waals surface area contributed by atoms with Crippen molar-refractivity contribution in [1.82, 2.24) is 9.97 Å². The van der Waals surface area contributed by atoms with E-state index in [1.165, 1.54) is 41.0 Å². The van der Waals surface area contributed by atoms with Gasteiger partial charge < -0.3 is 9.47 Å². The zero-order valence-corrected chi connectivity index (χ0v) is 14.4. The van der Waals surface area contributed by atoms with Crippen molar-refractivity contribution in [3.05, 3.63) is 46.6 Å². The molecule has 26 heavy (non-hydrogen) atoms. The monoisotopic (exact) mass is 376 g/mol. The molecule has 0 spiro atoms. The van der Waals surface area contributed by atoms with Gasteiger partial charge in [0.15, 0.2) is 12.4 Å². The molecular formula is C18H14F2N2O3S. The summed E-state index contributed by atoms with van der Waals surface area (Å²) in [4.78, 5) is 23.0. The first-order chi connectivity index (χ1) is 12.6. The van der Waals surface area contributed by atoms with Crippen LogP contribution in [0.3, 0.4) is 0 Å². The van der Waals surface area contributed by atoms with Gasteiger partial charge in [-0.2, -0.15) is 8.78 Å². The topological polar surface area (TPSA) is 61.3 Å². The fourth-order valence-corrected chi connectivity index (χ4v) is 4.27. The molecule has 0 saturated heterocycles. The number of rotatable bonds is 6. The van der Waals surface area contributed by atoms with Gasteiger partial charge >= 0.3 is 6.61 Å². The van der Waals surface area contributed by atoms with Crippen LogP contribution in [-0.4, -0.2) is 29.0 Å². The molecule has 0 atom stereocenters. The number of carbonyl (C=O) groups is 1. The number of benzene rings is 1. The lowest BCUT2D eigenvalue weighted by atomic mass is 10.1. The Labute approximate surface area is 151 Å². The number of nitrogens with zero attached hydrogens (tertiary/aromatic N) is 2. The Bertz CT molecular complexity index is 957. The van der Waals surface area contributed by atoms with E-state index in [0.717, 1.165) is 29.5 Å². The van der Waals surface area contributed by atoms with Crippen LogP contribution in [0.4, 0.5) is 8.78 Å². The molecule has 0 unspecified atom stereocenters. The summed E-state index contributed by atoms with van der Waals surface area (Å²) in [6.07, 6.45) is 4.56. The van der Waals surface area contributed by atoms with Crippen LogP contribution in [0.15, 0.2) is 30.6 Å². The maximum absolute atomic E-state index is 12.3. The van der Waals surface area contributed by atoms with E-state index in [-0.39, 0.29) is 18.1 Å². The molecule has 134 valence electrons. The standard InChI is InChI=1S/C18H14F2N2O3S/c19-18(20)25-11-6-4-10(5-7-11)13(23)8-24-16-15-12-2-1-3-14(12)26-17(15)22-9-21-16/h4-7,9,18H,1-3,8H2. The molecule has 0 amide bonds. The number of ether oxygens (including phenoxy) is 2. The SMILES string of the molecule is O=C(COc1ncnc2sc3c(c12)CCC3)c1ccc(OC(F)F)cc1. The number of Topliss-reactive ketones (excluding diaryl/α,β-unsaturated/α-hetero) is 1. The van der Waals surface area contributed by atoms with Crippen LogP contribution in [0.25, 0.3) is 10.2 Å². The van der Waals surface area contributed by atoms with E-state index in [9.17, 15) is 13.6 Å². The van der Waals surface area contributed by atoms with E-state index in [4.69, 9.17) is 4.74 Å². The predicted octanol–water partition coefficient (Wildman–Crippen LogP) is 4.04. The molecule has 0 saturated carbocycles. The summed E-state index contributed by atoms with van der Waals surface area (Å²) in [5.41, 5.74) is 1.58. The molecule has 2 heterocycles. The fourth-order valence-electron chi connectivity index (χ4n) is 3.05. The fraction of sp³-hybridized carbons (Fsp3) is 0.278. The van der Waals surface area contributed by atoms with E-state index in [0.29, 0.717) is 11.4 Å².